The maximum atomic E-state index is 13.1. The van der Waals surface area contributed by atoms with Gasteiger partial charge in [0.05, 0.1) is 16.6 Å². The molecule has 0 saturated heterocycles. The van der Waals surface area contributed by atoms with Gasteiger partial charge >= 0.3 is 0 Å². The van der Waals surface area contributed by atoms with Crippen LogP contribution in [0.3, 0.4) is 0 Å². The molecule has 0 aliphatic heterocycles. The summed E-state index contributed by atoms with van der Waals surface area (Å²) in [6.07, 6.45) is 5.77. The number of rotatable bonds is 5. The number of carbonyl (C=O) groups is 1. The second-order valence-electron chi connectivity index (χ2n) is 9.26. The van der Waals surface area contributed by atoms with E-state index in [-0.39, 0.29) is 22.0 Å². The highest BCUT2D eigenvalue weighted by Crippen LogP contribution is 2.34. The summed E-state index contributed by atoms with van der Waals surface area (Å²) in [7, 11) is -4.04. The number of nitrogens with one attached hydrogen (secondary N) is 1. The molecule has 30 heavy (non-hydrogen) atoms. The number of nitrogen functional groups attached to an aromatic ring is 1. The Morgan fingerprint density at radius 3 is 2.47 bits per heavy atom. The lowest BCUT2D eigenvalue weighted by molar-refractivity contribution is 0.0964. The van der Waals surface area contributed by atoms with Gasteiger partial charge in [-0.2, -0.15) is 5.10 Å². The van der Waals surface area contributed by atoms with E-state index in [1.54, 1.807) is 22.9 Å². The standard InChI is InChI=1S/C22H32N4O3S/c1-15(16-9-6-5-7-10-16)26-19(14-20(24-26)22(2,3)4)21(27)25-30(28,29)18-12-8-11-17(23)13-18/h8,11-16H,5-7,9-10,23H2,1-4H3,(H,25,27). The van der Waals surface area contributed by atoms with Crippen LogP contribution in [-0.2, 0) is 15.4 Å². The highest BCUT2D eigenvalue weighted by molar-refractivity contribution is 7.90. The Bertz CT molecular complexity index is 1020. The lowest BCUT2D eigenvalue weighted by atomic mass is 9.84. The lowest BCUT2D eigenvalue weighted by Gasteiger charge is -2.29. The summed E-state index contributed by atoms with van der Waals surface area (Å²) in [5.41, 5.74) is 6.78. The molecule has 8 heteroatoms. The van der Waals surface area contributed by atoms with E-state index >= 15 is 0 Å². The number of benzene rings is 1. The number of sulfonamides is 1. The van der Waals surface area contributed by atoms with E-state index in [0.717, 1.165) is 18.5 Å². The molecule has 0 spiro atoms. The molecule has 1 fully saturated rings. The van der Waals surface area contributed by atoms with Crippen LogP contribution in [0.25, 0.3) is 0 Å². The Morgan fingerprint density at radius 1 is 1.20 bits per heavy atom. The third-order valence-corrected chi connectivity index (χ3v) is 7.18. The van der Waals surface area contributed by atoms with Gasteiger partial charge in [-0.1, -0.05) is 46.1 Å². The summed E-state index contributed by atoms with van der Waals surface area (Å²) >= 11 is 0. The predicted molar refractivity (Wildman–Crippen MR) is 118 cm³/mol. The zero-order valence-electron chi connectivity index (χ0n) is 18.2. The minimum absolute atomic E-state index is 0.0113. The fourth-order valence-electron chi connectivity index (χ4n) is 3.97. The Labute approximate surface area is 179 Å². The molecule has 1 atom stereocenters. The normalized spacial score (nSPS) is 16.9. The van der Waals surface area contributed by atoms with Crippen molar-refractivity contribution in [1.82, 2.24) is 14.5 Å². The number of amides is 1. The summed E-state index contributed by atoms with van der Waals surface area (Å²) in [6.45, 7) is 8.14. The molecule has 1 aromatic heterocycles. The number of anilines is 1. The van der Waals surface area contributed by atoms with Crippen molar-refractivity contribution >= 4 is 21.6 Å². The third kappa shape index (κ3) is 4.86. The van der Waals surface area contributed by atoms with Crippen LogP contribution in [0.15, 0.2) is 35.2 Å². The summed E-state index contributed by atoms with van der Waals surface area (Å²) in [5.74, 6) is -0.258. The largest absolute Gasteiger partial charge is 0.399 e. The van der Waals surface area contributed by atoms with Gasteiger partial charge in [-0.05, 0) is 49.9 Å². The summed E-state index contributed by atoms with van der Waals surface area (Å²) < 4.78 is 29.4. The van der Waals surface area contributed by atoms with Gasteiger partial charge in [0, 0.05) is 11.1 Å². The van der Waals surface area contributed by atoms with Crippen molar-refractivity contribution in [2.75, 3.05) is 5.73 Å². The Kier molecular flexibility index (Phi) is 6.26. The van der Waals surface area contributed by atoms with Gasteiger partial charge in [0.1, 0.15) is 5.69 Å². The van der Waals surface area contributed by atoms with E-state index in [1.165, 1.54) is 31.4 Å². The molecule has 3 rings (SSSR count). The minimum atomic E-state index is -4.04. The molecule has 2 aromatic rings. The SMILES string of the molecule is CC(C1CCCCC1)n1nc(C(C)(C)C)cc1C(=O)NS(=O)(=O)c1cccc(N)c1. The van der Waals surface area contributed by atoms with Crippen molar-refractivity contribution in [3.05, 3.63) is 41.7 Å². The molecule has 1 amide bonds. The molecule has 7 nitrogen and oxygen atoms in total. The second-order valence-corrected chi connectivity index (χ2v) is 10.9. The maximum absolute atomic E-state index is 13.1. The number of nitrogens with two attached hydrogens (primary N) is 1. The first-order valence-corrected chi connectivity index (χ1v) is 12.0. The molecule has 1 heterocycles. The predicted octanol–water partition coefficient (Wildman–Crippen LogP) is 4.02. The van der Waals surface area contributed by atoms with Crippen LogP contribution in [0.5, 0.6) is 0 Å². The molecule has 3 N–H and O–H groups in total. The van der Waals surface area contributed by atoms with Gasteiger partial charge < -0.3 is 5.73 Å². The second kappa shape index (κ2) is 8.41. The summed E-state index contributed by atoms with van der Waals surface area (Å²) in [4.78, 5) is 13.0. The van der Waals surface area contributed by atoms with Gasteiger partial charge in [0.25, 0.3) is 15.9 Å². The van der Waals surface area contributed by atoms with Gasteiger partial charge in [-0.3, -0.25) is 9.48 Å². The quantitative estimate of drug-likeness (QED) is 0.694. The molecular weight excluding hydrogens is 400 g/mol. The molecule has 1 aliphatic carbocycles. The number of carbonyl (C=O) groups excluding carboxylic acids is 1. The monoisotopic (exact) mass is 432 g/mol. The van der Waals surface area contributed by atoms with Gasteiger partial charge in [-0.25, -0.2) is 13.1 Å². The molecule has 0 bridgehead atoms. The molecule has 164 valence electrons. The van der Waals surface area contributed by atoms with Crippen molar-refractivity contribution in [3.63, 3.8) is 0 Å². The number of hydrogen-bond acceptors (Lipinski definition) is 5. The average molecular weight is 433 g/mol. The van der Waals surface area contributed by atoms with Crippen LogP contribution in [0, 0.1) is 5.92 Å². The fourth-order valence-corrected chi connectivity index (χ4v) is 4.99. The zero-order valence-corrected chi connectivity index (χ0v) is 19.0. The molecule has 1 aliphatic rings. The van der Waals surface area contributed by atoms with Gasteiger partial charge in [-0.15, -0.1) is 0 Å². The molecule has 1 saturated carbocycles. The van der Waals surface area contributed by atoms with E-state index in [4.69, 9.17) is 10.8 Å². The van der Waals surface area contributed by atoms with Crippen molar-refractivity contribution in [1.29, 1.82) is 0 Å². The van der Waals surface area contributed by atoms with E-state index in [0.29, 0.717) is 11.6 Å². The average Bonchev–Trinajstić information content (AvgIpc) is 3.14. The van der Waals surface area contributed by atoms with Crippen molar-refractivity contribution in [2.24, 2.45) is 5.92 Å². The summed E-state index contributed by atoms with van der Waals surface area (Å²) in [6, 6.07) is 7.60. The van der Waals surface area contributed by atoms with Gasteiger partial charge in [0.15, 0.2) is 0 Å². The molecule has 0 radical (unpaired) electrons. The first kappa shape index (κ1) is 22.3. The lowest BCUT2D eigenvalue weighted by Crippen LogP contribution is -2.33. The first-order chi connectivity index (χ1) is 14.0. The van der Waals surface area contributed by atoms with E-state index in [2.05, 4.69) is 11.6 Å². The van der Waals surface area contributed by atoms with Gasteiger partial charge in [0.2, 0.25) is 0 Å². The van der Waals surface area contributed by atoms with Crippen LogP contribution in [0.4, 0.5) is 5.69 Å². The smallest absolute Gasteiger partial charge is 0.283 e. The Balaban J connectivity index is 1.95. The van der Waals surface area contributed by atoms with Crippen LogP contribution in [-0.4, -0.2) is 24.1 Å². The topological polar surface area (TPSA) is 107 Å². The first-order valence-electron chi connectivity index (χ1n) is 10.5. The van der Waals surface area contributed by atoms with Crippen LogP contribution in [0.1, 0.15) is 82.0 Å². The Hall–Kier alpha value is -2.35. The van der Waals surface area contributed by atoms with E-state index < -0.39 is 15.9 Å². The number of hydrogen-bond donors (Lipinski definition) is 2. The van der Waals surface area contributed by atoms with Crippen LogP contribution >= 0.6 is 0 Å². The summed E-state index contributed by atoms with van der Waals surface area (Å²) in [5, 5.41) is 4.74. The minimum Gasteiger partial charge on any atom is -0.399 e. The van der Waals surface area contributed by atoms with Crippen molar-refractivity contribution in [2.45, 2.75) is 76.2 Å². The highest BCUT2D eigenvalue weighted by Gasteiger charge is 2.30. The van der Waals surface area contributed by atoms with Crippen molar-refractivity contribution in [3.8, 4) is 0 Å². The molecular formula is C22H32N4O3S. The van der Waals surface area contributed by atoms with Crippen LogP contribution < -0.4 is 10.5 Å². The fraction of sp³-hybridized carbons (Fsp3) is 0.545. The van der Waals surface area contributed by atoms with E-state index in [1.807, 2.05) is 20.8 Å². The Morgan fingerprint density at radius 2 is 1.87 bits per heavy atom. The van der Waals surface area contributed by atoms with Crippen LogP contribution in [0.2, 0.25) is 0 Å². The number of aromatic nitrogens is 2. The van der Waals surface area contributed by atoms with Crippen molar-refractivity contribution < 1.29 is 13.2 Å². The third-order valence-electron chi connectivity index (χ3n) is 5.85. The maximum Gasteiger partial charge on any atom is 0.283 e. The zero-order chi connectivity index (χ0) is 22.1. The molecule has 1 aromatic carbocycles. The number of nitrogens with zero attached hydrogens (tertiary/aromatic N) is 2. The van der Waals surface area contributed by atoms with E-state index in [9.17, 15) is 13.2 Å². The highest BCUT2D eigenvalue weighted by atomic mass is 32.2. The molecule has 1 unspecified atom stereocenters.